The van der Waals surface area contributed by atoms with E-state index >= 15 is 0 Å². The number of aryl methyl sites for hydroxylation is 2. The topological polar surface area (TPSA) is 37.9 Å². The predicted octanol–water partition coefficient (Wildman–Crippen LogP) is 5.64. The predicted molar refractivity (Wildman–Crippen MR) is 97.5 cm³/mol. The van der Waals surface area contributed by atoms with Crippen molar-refractivity contribution in [2.24, 2.45) is 0 Å². The lowest BCUT2D eigenvalue weighted by Crippen LogP contribution is -1.85. The second-order valence-corrected chi connectivity index (χ2v) is 6.05. The highest BCUT2D eigenvalue weighted by Crippen LogP contribution is 2.26. The molecule has 0 saturated carbocycles. The number of hydrogen-bond donors (Lipinski definition) is 1. The Labute approximate surface area is 140 Å². The van der Waals surface area contributed by atoms with Gasteiger partial charge < -0.3 is 9.72 Å². The van der Waals surface area contributed by atoms with Crippen LogP contribution in [0.25, 0.3) is 22.4 Å². The molecule has 118 valence electrons. The van der Waals surface area contributed by atoms with Crippen molar-refractivity contribution in [2.75, 3.05) is 0 Å². The first-order valence-corrected chi connectivity index (χ1v) is 7.99. The van der Waals surface area contributed by atoms with Crippen LogP contribution in [-0.4, -0.2) is 9.97 Å². The normalized spacial score (nSPS) is 10.9. The quantitative estimate of drug-likeness (QED) is 0.531. The largest absolute Gasteiger partial charge is 0.457 e. The average Bonchev–Trinajstić information content (AvgIpc) is 3.01. The summed E-state index contributed by atoms with van der Waals surface area (Å²) in [5.74, 6) is 2.53. The van der Waals surface area contributed by atoms with Crippen LogP contribution in [0.4, 0.5) is 0 Å². The lowest BCUT2D eigenvalue weighted by Gasteiger charge is -2.06. The number of nitrogens with zero attached hydrogens (tertiary/aromatic N) is 1. The number of hydrogen-bond acceptors (Lipinski definition) is 2. The van der Waals surface area contributed by atoms with Crippen LogP contribution in [-0.2, 0) is 0 Å². The number of ether oxygens (including phenoxy) is 1. The number of rotatable bonds is 3. The zero-order valence-corrected chi connectivity index (χ0v) is 13.7. The zero-order valence-electron chi connectivity index (χ0n) is 13.7. The molecule has 0 aliphatic heterocycles. The highest BCUT2D eigenvalue weighted by Gasteiger charge is 2.06. The minimum atomic E-state index is 0.814. The van der Waals surface area contributed by atoms with Gasteiger partial charge >= 0.3 is 0 Å². The molecule has 0 aliphatic carbocycles. The van der Waals surface area contributed by atoms with E-state index in [0.29, 0.717) is 0 Å². The third-order valence-corrected chi connectivity index (χ3v) is 4.02. The number of aromatic nitrogens is 2. The Bertz CT molecular complexity index is 983. The van der Waals surface area contributed by atoms with E-state index in [1.165, 1.54) is 11.1 Å². The first kappa shape index (κ1) is 14.5. The molecule has 4 aromatic rings. The van der Waals surface area contributed by atoms with Gasteiger partial charge in [-0.2, -0.15) is 0 Å². The second kappa shape index (κ2) is 5.85. The molecule has 3 heteroatoms. The minimum Gasteiger partial charge on any atom is -0.457 e. The molecule has 0 spiro atoms. The number of benzene rings is 3. The van der Waals surface area contributed by atoms with Gasteiger partial charge in [0.25, 0.3) is 0 Å². The molecule has 0 saturated heterocycles. The monoisotopic (exact) mass is 314 g/mol. The summed E-state index contributed by atoms with van der Waals surface area (Å²) in [6.07, 6.45) is 0. The summed E-state index contributed by atoms with van der Waals surface area (Å²) in [4.78, 5) is 8.03. The van der Waals surface area contributed by atoms with E-state index in [2.05, 4.69) is 35.9 Å². The van der Waals surface area contributed by atoms with Crippen molar-refractivity contribution in [3.8, 4) is 22.9 Å². The molecular formula is C21H18N2O. The summed E-state index contributed by atoms with van der Waals surface area (Å²) in [6, 6.07) is 22.2. The van der Waals surface area contributed by atoms with Gasteiger partial charge in [0.05, 0.1) is 11.0 Å². The molecule has 24 heavy (non-hydrogen) atoms. The van der Waals surface area contributed by atoms with Crippen molar-refractivity contribution in [2.45, 2.75) is 13.8 Å². The molecule has 4 rings (SSSR count). The van der Waals surface area contributed by atoms with Crippen LogP contribution in [0.2, 0.25) is 0 Å². The molecule has 3 nitrogen and oxygen atoms in total. The van der Waals surface area contributed by atoms with Crippen LogP contribution < -0.4 is 4.74 Å². The maximum Gasteiger partial charge on any atom is 0.138 e. The zero-order chi connectivity index (χ0) is 16.5. The molecule has 3 aromatic carbocycles. The summed E-state index contributed by atoms with van der Waals surface area (Å²) in [7, 11) is 0. The maximum absolute atomic E-state index is 5.87. The number of fused-ring (bicyclic) bond motifs is 1. The second-order valence-electron chi connectivity index (χ2n) is 6.05. The number of aromatic amines is 1. The number of imidazole rings is 1. The Balaban J connectivity index is 1.59. The molecule has 0 bridgehead atoms. The molecule has 0 amide bonds. The summed E-state index contributed by atoms with van der Waals surface area (Å²) < 4.78 is 5.87. The lowest BCUT2D eigenvalue weighted by atomic mass is 10.2. The molecule has 0 atom stereocenters. The van der Waals surface area contributed by atoms with Crippen LogP contribution in [0, 0.1) is 13.8 Å². The Kier molecular flexibility index (Phi) is 3.54. The van der Waals surface area contributed by atoms with E-state index in [1.54, 1.807) is 0 Å². The lowest BCUT2D eigenvalue weighted by molar-refractivity contribution is 0.482. The van der Waals surface area contributed by atoms with Crippen LogP contribution in [0.3, 0.4) is 0 Å². The highest BCUT2D eigenvalue weighted by molar-refractivity contribution is 5.80. The fourth-order valence-electron chi connectivity index (χ4n) is 2.68. The highest BCUT2D eigenvalue weighted by atomic mass is 16.5. The van der Waals surface area contributed by atoms with E-state index in [9.17, 15) is 0 Å². The summed E-state index contributed by atoms with van der Waals surface area (Å²) in [5, 5.41) is 0. The van der Waals surface area contributed by atoms with Gasteiger partial charge in [-0.05, 0) is 67.9 Å². The van der Waals surface area contributed by atoms with Crippen molar-refractivity contribution < 1.29 is 4.74 Å². The number of nitrogens with one attached hydrogen (secondary N) is 1. The van der Waals surface area contributed by atoms with Gasteiger partial charge in [0, 0.05) is 5.56 Å². The third kappa shape index (κ3) is 2.88. The summed E-state index contributed by atoms with van der Waals surface area (Å²) in [5.41, 5.74) is 5.53. The fraction of sp³-hybridized carbons (Fsp3) is 0.0952. The van der Waals surface area contributed by atoms with Gasteiger partial charge in [0.1, 0.15) is 17.3 Å². The Morgan fingerprint density at radius 1 is 0.750 bits per heavy atom. The van der Waals surface area contributed by atoms with Crippen LogP contribution in [0.5, 0.6) is 11.5 Å². The van der Waals surface area contributed by atoms with Crippen LogP contribution in [0.1, 0.15) is 11.1 Å². The van der Waals surface area contributed by atoms with Gasteiger partial charge in [0.2, 0.25) is 0 Å². The molecule has 1 aromatic heterocycles. The van der Waals surface area contributed by atoms with Crippen molar-refractivity contribution in [1.82, 2.24) is 9.97 Å². The smallest absolute Gasteiger partial charge is 0.138 e. The molecule has 1 heterocycles. The van der Waals surface area contributed by atoms with Gasteiger partial charge in [0.15, 0.2) is 0 Å². The third-order valence-electron chi connectivity index (χ3n) is 4.02. The summed E-state index contributed by atoms with van der Waals surface area (Å²) in [6.45, 7) is 4.14. The minimum absolute atomic E-state index is 0.814. The maximum atomic E-state index is 5.87. The Morgan fingerprint density at radius 2 is 1.38 bits per heavy atom. The van der Waals surface area contributed by atoms with E-state index in [0.717, 1.165) is 33.9 Å². The summed E-state index contributed by atoms with van der Waals surface area (Å²) >= 11 is 0. The number of H-pyrrole nitrogens is 1. The van der Waals surface area contributed by atoms with Gasteiger partial charge in [-0.15, -0.1) is 0 Å². The van der Waals surface area contributed by atoms with E-state index in [1.807, 2.05) is 54.6 Å². The molecule has 0 fully saturated rings. The molecule has 0 unspecified atom stereocenters. The molecule has 1 N–H and O–H groups in total. The molecular weight excluding hydrogens is 296 g/mol. The van der Waals surface area contributed by atoms with Gasteiger partial charge in [-0.3, -0.25) is 0 Å². The van der Waals surface area contributed by atoms with Crippen molar-refractivity contribution in [1.29, 1.82) is 0 Å². The fourth-order valence-corrected chi connectivity index (χ4v) is 2.68. The van der Waals surface area contributed by atoms with Gasteiger partial charge in [-0.25, -0.2) is 4.98 Å². The average molecular weight is 314 g/mol. The van der Waals surface area contributed by atoms with Crippen LogP contribution in [0.15, 0.2) is 66.7 Å². The Morgan fingerprint density at radius 3 is 2.08 bits per heavy atom. The molecule has 0 radical (unpaired) electrons. The van der Waals surface area contributed by atoms with Crippen LogP contribution >= 0.6 is 0 Å². The standard InChI is InChI=1S/C21H18N2O/c1-14-3-8-17(9-4-14)24-18-10-6-16(7-11-18)21-22-19-12-5-15(2)13-20(19)23-21/h3-13H,1-2H3,(H,22,23). The van der Waals surface area contributed by atoms with Crippen molar-refractivity contribution >= 4 is 11.0 Å². The van der Waals surface area contributed by atoms with E-state index < -0.39 is 0 Å². The first-order chi connectivity index (χ1) is 11.7. The first-order valence-electron chi connectivity index (χ1n) is 7.99. The van der Waals surface area contributed by atoms with E-state index in [4.69, 9.17) is 4.74 Å². The van der Waals surface area contributed by atoms with E-state index in [-0.39, 0.29) is 0 Å². The van der Waals surface area contributed by atoms with Crippen molar-refractivity contribution in [3.05, 3.63) is 77.9 Å². The van der Waals surface area contributed by atoms with Crippen molar-refractivity contribution in [3.63, 3.8) is 0 Å². The SMILES string of the molecule is Cc1ccc(Oc2ccc(-c3nc4ccc(C)cc4[nH]3)cc2)cc1. The Hall–Kier alpha value is -3.07. The molecule has 0 aliphatic rings. The van der Waals surface area contributed by atoms with Gasteiger partial charge in [-0.1, -0.05) is 23.8 Å².